The van der Waals surface area contributed by atoms with Crippen LogP contribution >= 0.6 is 0 Å². The van der Waals surface area contributed by atoms with Gasteiger partial charge in [-0.2, -0.15) is 0 Å². The second kappa shape index (κ2) is 4.22. The lowest BCUT2D eigenvalue weighted by Crippen LogP contribution is -1.98. The summed E-state index contributed by atoms with van der Waals surface area (Å²) in [5.41, 5.74) is 1.76. The first-order chi connectivity index (χ1) is 7.27. The van der Waals surface area contributed by atoms with Gasteiger partial charge in [0.2, 0.25) is 0 Å². The lowest BCUT2D eigenvalue weighted by Gasteiger charge is -2.11. The van der Waals surface area contributed by atoms with Gasteiger partial charge in [0, 0.05) is 12.8 Å². The number of rotatable bonds is 2. The van der Waals surface area contributed by atoms with Crippen LogP contribution in [0.15, 0.2) is 47.7 Å². The van der Waals surface area contributed by atoms with E-state index in [-0.39, 0.29) is 5.75 Å². The number of benzene rings is 1. The third-order valence-electron chi connectivity index (χ3n) is 2.61. The molecule has 0 heterocycles. The van der Waals surface area contributed by atoms with E-state index in [2.05, 4.69) is 6.08 Å². The molecular formula is C13H14O2. The van der Waals surface area contributed by atoms with E-state index in [4.69, 9.17) is 0 Å². The van der Waals surface area contributed by atoms with Crippen LogP contribution in [0.25, 0.3) is 0 Å². The maximum Gasteiger partial charge on any atom is 0.119 e. The van der Waals surface area contributed by atoms with Gasteiger partial charge in [-0.15, -0.1) is 0 Å². The third kappa shape index (κ3) is 2.21. The van der Waals surface area contributed by atoms with Crippen LogP contribution in [0.2, 0.25) is 0 Å². The van der Waals surface area contributed by atoms with Gasteiger partial charge in [-0.05, 0) is 23.6 Å². The Labute approximate surface area is 89.2 Å². The second-order valence-electron chi connectivity index (χ2n) is 3.72. The molecule has 1 aromatic rings. The summed E-state index contributed by atoms with van der Waals surface area (Å²) in [6.07, 6.45) is 6.19. The van der Waals surface area contributed by atoms with Crippen molar-refractivity contribution in [3.63, 3.8) is 0 Å². The van der Waals surface area contributed by atoms with Crippen molar-refractivity contribution in [1.29, 1.82) is 0 Å². The van der Waals surface area contributed by atoms with E-state index < -0.39 is 0 Å². The number of allylic oxidation sites excluding steroid dienone is 4. The highest BCUT2D eigenvalue weighted by molar-refractivity contribution is 5.39. The van der Waals surface area contributed by atoms with Gasteiger partial charge in [0.05, 0.1) is 5.76 Å². The summed E-state index contributed by atoms with van der Waals surface area (Å²) in [6.45, 7) is 0. The third-order valence-corrected chi connectivity index (χ3v) is 2.61. The van der Waals surface area contributed by atoms with Crippen molar-refractivity contribution >= 4 is 0 Å². The Balaban J connectivity index is 2.22. The fraction of sp³-hybridized carbons (Fsp3) is 0.231. The van der Waals surface area contributed by atoms with E-state index in [1.165, 1.54) is 0 Å². The number of para-hydroxylation sites is 1. The zero-order valence-corrected chi connectivity index (χ0v) is 8.48. The average Bonchev–Trinajstić information content (AvgIpc) is 2.24. The molecule has 2 heteroatoms. The maximum absolute atomic E-state index is 9.67. The normalized spacial score (nSPS) is 15.7. The van der Waals surface area contributed by atoms with Gasteiger partial charge in [-0.1, -0.05) is 30.4 Å². The second-order valence-corrected chi connectivity index (χ2v) is 3.72. The van der Waals surface area contributed by atoms with E-state index in [0.29, 0.717) is 18.6 Å². The predicted octanol–water partition coefficient (Wildman–Crippen LogP) is 3.10. The molecule has 0 atom stereocenters. The summed E-state index contributed by atoms with van der Waals surface area (Å²) >= 11 is 0. The van der Waals surface area contributed by atoms with Gasteiger partial charge >= 0.3 is 0 Å². The van der Waals surface area contributed by atoms with Crippen LogP contribution in [0.1, 0.15) is 18.4 Å². The van der Waals surface area contributed by atoms with Gasteiger partial charge in [0.15, 0.2) is 0 Å². The van der Waals surface area contributed by atoms with Gasteiger partial charge in [0.1, 0.15) is 5.75 Å². The van der Waals surface area contributed by atoms with Crippen molar-refractivity contribution in [2.45, 2.75) is 19.3 Å². The van der Waals surface area contributed by atoms with Crippen molar-refractivity contribution in [1.82, 2.24) is 0 Å². The van der Waals surface area contributed by atoms with Crippen LogP contribution in [-0.2, 0) is 6.42 Å². The molecule has 2 nitrogen and oxygen atoms in total. The molecule has 0 spiro atoms. The minimum Gasteiger partial charge on any atom is -0.512 e. The molecule has 0 bridgehead atoms. The summed E-state index contributed by atoms with van der Waals surface area (Å²) in [7, 11) is 0. The summed E-state index contributed by atoms with van der Waals surface area (Å²) in [4.78, 5) is 0. The Bertz CT molecular complexity index is 416. The molecule has 1 aromatic carbocycles. The van der Waals surface area contributed by atoms with Gasteiger partial charge in [-0.3, -0.25) is 0 Å². The molecule has 2 rings (SSSR count). The number of phenolic OH excluding ortho intramolecular Hbond substituents is 1. The summed E-state index contributed by atoms with van der Waals surface area (Å²) < 4.78 is 0. The van der Waals surface area contributed by atoms with Crippen molar-refractivity contribution in [2.75, 3.05) is 0 Å². The molecule has 78 valence electrons. The van der Waals surface area contributed by atoms with Crippen molar-refractivity contribution < 1.29 is 10.2 Å². The predicted molar refractivity (Wildman–Crippen MR) is 59.8 cm³/mol. The maximum atomic E-state index is 9.67. The van der Waals surface area contributed by atoms with Crippen LogP contribution in [-0.4, -0.2) is 10.2 Å². The minimum absolute atomic E-state index is 0.289. The number of phenols is 1. The molecule has 2 N–H and O–H groups in total. The summed E-state index contributed by atoms with van der Waals surface area (Å²) in [5.74, 6) is 0.734. The van der Waals surface area contributed by atoms with Gasteiger partial charge in [0.25, 0.3) is 0 Å². The molecular weight excluding hydrogens is 188 g/mol. The molecule has 0 aromatic heterocycles. The molecule has 0 amide bonds. The van der Waals surface area contributed by atoms with E-state index in [1.807, 2.05) is 18.2 Å². The Kier molecular flexibility index (Phi) is 2.77. The Morgan fingerprint density at radius 1 is 1.13 bits per heavy atom. The number of hydrogen-bond donors (Lipinski definition) is 2. The highest BCUT2D eigenvalue weighted by Crippen LogP contribution is 2.24. The quantitative estimate of drug-likeness (QED) is 0.773. The highest BCUT2D eigenvalue weighted by atomic mass is 16.3. The lowest BCUT2D eigenvalue weighted by atomic mass is 9.98. The lowest BCUT2D eigenvalue weighted by molar-refractivity contribution is 0.380. The first-order valence-corrected chi connectivity index (χ1v) is 5.12. The molecule has 1 aliphatic carbocycles. The molecule has 0 aliphatic heterocycles. The van der Waals surface area contributed by atoms with Crippen LogP contribution in [0, 0.1) is 0 Å². The van der Waals surface area contributed by atoms with E-state index >= 15 is 0 Å². The largest absolute Gasteiger partial charge is 0.512 e. The summed E-state index contributed by atoms with van der Waals surface area (Å²) in [6, 6.07) is 7.22. The summed E-state index contributed by atoms with van der Waals surface area (Å²) in [5, 5.41) is 19.3. The zero-order valence-electron chi connectivity index (χ0n) is 8.48. The fourth-order valence-electron chi connectivity index (χ4n) is 1.73. The highest BCUT2D eigenvalue weighted by Gasteiger charge is 2.09. The number of aliphatic hydroxyl groups is 1. The average molecular weight is 202 g/mol. The van der Waals surface area contributed by atoms with Crippen molar-refractivity contribution in [2.24, 2.45) is 0 Å². The first-order valence-electron chi connectivity index (χ1n) is 5.12. The van der Waals surface area contributed by atoms with Gasteiger partial charge in [-0.25, -0.2) is 0 Å². The molecule has 0 unspecified atom stereocenters. The molecule has 0 fully saturated rings. The van der Waals surface area contributed by atoms with Crippen molar-refractivity contribution in [3.05, 3.63) is 53.3 Å². The van der Waals surface area contributed by atoms with Crippen LogP contribution < -0.4 is 0 Å². The standard InChI is InChI=1S/C13H14O2/c14-12-7-3-1-5-10(12)9-11-6-2-4-8-13(11)15/h1-3,5-7,14-15H,4,8-9H2. The minimum atomic E-state index is 0.289. The molecule has 0 radical (unpaired) electrons. The molecule has 15 heavy (non-hydrogen) atoms. The number of hydrogen-bond acceptors (Lipinski definition) is 2. The fourth-order valence-corrected chi connectivity index (χ4v) is 1.73. The van der Waals surface area contributed by atoms with Crippen LogP contribution in [0.3, 0.4) is 0 Å². The first kappa shape index (κ1) is 9.84. The SMILES string of the molecule is OC1=C(Cc2ccccc2O)C=CCC1. The zero-order chi connectivity index (χ0) is 10.7. The Morgan fingerprint density at radius 3 is 2.67 bits per heavy atom. The molecule has 0 saturated carbocycles. The molecule has 0 saturated heterocycles. The van der Waals surface area contributed by atoms with Crippen molar-refractivity contribution in [3.8, 4) is 5.75 Å². The van der Waals surface area contributed by atoms with Gasteiger partial charge < -0.3 is 10.2 Å². The van der Waals surface area contributed by atoms with Crippen LogP contribution in [0.4, 0.5) is 0 Å². The Hall–Kier alpha value is -1.70. The smallest absolute Gasteiger partial charge is 0.119 e. The van der Waals surface area contributed by atoms with E-state index in [9.17, 15) is 10.2 Å². The number of aliphatic hydroxyl groups excluding tert-OH is 1. The molecule has 1 aliphatic rings. The van der Waals surface area contributed by atoms with Crippen LogP contribution in [0.5, 0.6) is 5.75 Å². The topological polar surface area (TPSA) is 40.5 Å². The Morgan fingerprint density at radius 2 is 1.93 bits per heavy atom. The van der Waals surface area contributed by atoms with E-state index in [1.54, 1.807) is 12.1 Å². The number of aromatic hydroxyl groups is 1. The monoisotopic (exact) mass is 202 g/mol. The van der Waals surface area contributed by atoms with E-state index in [0.717, 1.165) is 17.6 Å².